The molecule has 0 amide bonds. The van der Waals surface area contributed by atoms with Gasteiger partial charge < -0.3 is 23.5 Å². The zero-order valence-electron chi connectivity index (χ0n) is 15.5. The Hall–Kier alpha value is -0.870. The third kappa shape index (κ3) is 6.74. The number of hydrogen-bond donors (Lipinski definition) is 1. The third-order valence-electron chi connectivity index (χ3n) is 4.43. The fourth-order valence-electron chi connectivity index (χ4n) is 2.61. The molecular formula is C17H28NO6S-. The number of methoxy groups -OCH3 is 4. The molecule has 8 heteroatoms. The first-order valence-electron chi connectivity index (χ1n) is 7.93. The summed E-state index contributed by atoms with van der Waals surface area (Å²) >= 11 is -2.40. The van der Waals surface area contributed by atoms with E-state index in [1.165, 1.54) is 19.8 Å². The van der Waals surface area contributed by atoms with E-state index in [0.717, 1.165) is 5.56 Å². The maximum atomic E-state index is 10.8. The first-order chi connectivity index (χ1) is 11.8. The summed E-state index contributed by atoms with van der Waals surface area (Å²) in [7, 11) is 6.12. The molecule has 0 saturated heterocycles. The van der Waals surface area contributed by atoms with Gasteiger partial charge in [0.2, 0.25) is 0 Å². The molecule has 0 saturated carbocycles. The number of aryl methyl sites for hydroxylation is 1. The second-order valence-corrected chi connectivity index (χ2v) is 6.61. The summed E-state index contributed by atoms with van der Waals surface area (Å²) in [5.41, 5.74) is 2.26. The van der Waals surface area contributed by atoms with Crippen LogP contribution in [0.4, 0.5) is 0 Å². The Labute approximate surface area is 152 Å². The highest BCUT2D eigenvalue weighted by Crippen LogP contribution is 2.29. The Morgan fingerprint density at radius 3 is 1.88 bits per heavy atom. The van der Waals surface area contributed by atoms with E-state index in [4.69, 9.17) is 18.9 Å². The van der Waals surface area contributed by atoms with Crippen molar-refractivity contribution >= 4 is 11.3 Å². The minimum Gasteiger partial charge on any atom is -0.760 e. The number of nitrogens with one attached hydrogen (secondary N) is 1. The zero-order valence-corrected chi connectivity index (χ0v) is 16.3. The second-order valence-electron chi connectivity index (χ2n) is 5.86. The van der Waals surface area contributed by atoms with Gasteiger partial charge in [0.1, 0.15) is 0 Å². The van der Waals surface area contributed by atoms with Gasteiger partial charge >= 0.3 is 0 Å². The summed E-state index contributed by atoms with van der Waals surface area (Å²) in [6.07, 6.45) is 1.37. The molecule has 7 nitrogen and oxygen atoms in total. The van der Waals surface area contributed by atoms with Gasteiger partial charge in [-0.15, -0.1) is 0 Å². The Morgan fingerprint density at radius 1 is 0.960 bits per heavy atom. The van der Waals surface area contributed by atoms with E-state index in [2.05, 4.69) is 4.72 Å². The molecule has 0 heterocycles. The van der Waals surface area contributed by atoms with Gasteiger partial charge in [-0.2, -0.15) is 0 Å². The van der Waals surface area contributed by atoms with Gasteiger partial charge in [-0.25, -0.2) is 4.72 Å². The monoisotopic (exact) mass is 374 g/mol. The van der Waals surface area contributed by atoms with E-state index in [-0.39, 0.29) is 6.54 Å². The highest BCUT2D eigenvalue weighted by atomic mass is 32.2. The minimum atomic E-state index is -2.40. The van der Waals surface area contributed by atoms with Crippen LogP contribution >= 0.6 is 0 Å². The lowest BCUT2D eigenvalue weighted by Gasteiger charge is -2.37. The molecule has 1 N–H and O–H groups in total. The summed E-state index contributed by atoms with van der Waals surface area (Å²) in [4.78, 5) is 0. The van der Waals surface area contributed by atoms with Crippen molar-refractivity contribution in [2.24, 2.45) is 0 Å². The molecule has 0 bridgehead atoms. The van der Waals surface area contributed by atoms with Crippen molar-refractivity contribution in [3.05, 3.63) is 35.4 Å². The standard InChI is InChI=1S/C17H29NO6S/c1-14-6-8-15(9-7-14)12-16(21-2,22-3)10-11-17(23-4,24-5)13-18-25(19)20/h6-9,18H,10-13H2,1-5H3,(H,19,20)/p-1. The molecule has 0 radical (unpaired) electrons. The van der Waals surface area contributed by atoms with Crippen LogP contribution in [0.3, 0.4) is 0 Å². The molecule has 0 fully saturated rings. The first-order valence-corrected chi connectivity index (χ1v) is 9.00. The van der Waals surface area contributed by atoms with Crippen molar-refractivity contribution in [1.29, 1.82) is 0 Å². The lowest BCUT2D eigenvalue weighted by Crippen LogP contribution is -2.47. The van der Waals surface area contributed by atoms with Crippen LogP contribution in [0.5, 0.6) is 0 Å². The highest BCUT2D eigenvalue weighted by Gasteiger charge is 2.37. The number of hydrogen-bond acceptors (Lipinski definition) is 6. The van der Waals surface area contributed by atoms with E-state index in [1.807, 2.05) is 31.2 Å². The topological polar surface area (TPSA) is 89.1 Å². The van der Waals surface area contributed by atoms with Gasteiger partial charge in [0, 0.05) is 59.0 Å². The van der Waals surface area contributed by atoms with E-state index in [0.29, 0.717) is 19.3 Å². The number of benzene rings is 1. The molecule has 0 aromatic heterocycles. The molecule has 0 aliphatic carbocycles. The van der Waals surface area contributed by atoms with Crippen molar-refractivity contribution in [3.8, 4) is 0 Å². The normalized spacial score (nSPS) is 13.8. The van der Waals surface area contributed by atoms with Gasteiger partial charge in [-0.05, 0) is 12.5 Å². The minimum absolute atomic E-state index is 0.00977. The quantitative estimate of drug-likeness (QED) is 0.442. The van der Waals surface area contributed by atoms with Gasteiger partial charge in [0.25, 0.3) is 0 Å². The van der Waals surface area contributed by atoms with Crippen molar-refractivity contribution in [3.63, 3.8) is 0 Å². The largest absolute Gasteiger partial charge is 0.760 e. The lowest BCUT2D eigenvalue weighted by atomic mass is 9.96. The van der Waals surface area contributed by atoms with Crippen molar-refractivity contribution < 1.29 is 27.7 Å². The van der Waals surface area contributed by atoms with Gasteiger partial charge in [0.15, 0.2) is 11.6 Å². The predicted molar refractivity (Wildman–Crippen MR) is 94.5 cm³/mol. The maximum absolute atomic E-state index is 10.8. The van der Waals surface area contributed by atoms with Crippen LogP contribution in [0.2, 0.25) is 0 Å². The van der Waals surface area contributed by atoms with Crippen LogP contribution in [0.15, 0.2) is 24.3 Å². The molecule has 1 atom stereocenters. The summed E-state index contributed by atoms with van der Waals surface area (Å²) in [5.74, 6) is -1.97. The summed E-state index contributed by atoms with van der Waals surface area (Å²) in [5, 5.41) is 0. The average Bonchev–Trinajstić information content (AvgIpc) is 2.63. The zero-order chi connectivity index (χ0) is 18.9. The maximum Gasteiger partial charge on any atom is 0.181 e. The molecule has 0 aliphatic heterocycles. The SMILES string of the molecule is COC(CCC(Cc1ccc(C)cc1)(OC)OC)(CNS(=O)[O-])OC. The molecule has 0 spiro atoms. The fraction of sp³-hybridized carbons (Fsp3) is 0.647. The molecule has 144 valence electrons. The van der Waals surface area contributed by atoms with E-state index in [1.54, 1.807) is 14.2 Å². The molecule has 25 heavy (non-hydrogen) atoms. The average molecular weight is 374 g/mol. The van der Waals surface area contributed by atoms with E-state index < -0.39 is 22.8 Å². The van der Waals surface area contributed by atoms with Crippen LogP contribution in [0.1, 0.15) is 24.0 Å². The van der Waals surface area contributed by atoms with Crippen molar-refractivity contribution in [1.82, 2.24) is 4.72 Å². The summed E-state index contributed by atoms with van der Waals surface area (Å²) in [6, 6.07) is 8.13. The lowest BCUT2D eigenvalue weighted by molar-refractivity contribution is -0.245. The van der Waals surface area contributed by atoms with Crippen LogP contribution in [-0.2, 0) is 36.6 Å². The van der Waals surface area contributed by atoms with Gasteiger partial charge in [0.05, 0.1) is 6.54 Å². The first kappa shape index (κ1) is 22.2. The summed E-state index contributed by atoms with van der Waals surface area (Å²) in [6.45, 7) is 2.02. The Morgan fingerprint density at radius 2 is 1.44 bits per heavy atom. The number of ether oxygens (including phenoxy) is 4. The van der Waals surface area contributed by atoms with E-state index in [9.17, 15) is 8.76 Å². The molecule has 1 rings (SSSR count). The van der Waals surface area contributed by atoms with Crippen LogP contribution in [0, 0.1) is 6.92 Å². The highest BCUT2D eigenvalue weighted by molar-refractivity contribution is 7.77. The molecule has 0 aliphatic rings. The molecular weight excluding hydrogens is 346 g/mol. The Kier molecular flexibility index (Phi) is 9.15. The second kappa shape index (κ2) is 10.3. The van der Waals surface area contributed by atoms with Crippen LogP contribution < -0.4 is 4.72 Å². The Balaban J connectivity index is 2.86. The Bertz CT molecular complexity index is 528. The summed E-state index contributed by atoms with van der Waals surface area (Å²) < 4.78 is 46.0. The van der Waals surface area contributed by atoms with E-state index >= 15 is 0 Å². The van der Waals surface area contributed by atoms with Crippen molar-refractivity contribution in [2.45, 2.75) is 37.8 Å². The number of rotatable bonds is 12. The smallest absolute Gasteiger partial charge is 0.181 e. The molecule has 1 aromatic rings. The van der Waals surface area contributed by atoms with Crippen LogP contribution in [-0.4, -0.2) is 55.3 Å². The van der Waals surface area contributed by atoms with Gasteiger partial charge in [-0.1, -0.05) is 29.8 Å². The molecule has 1 unspecified atom stereocenters. The van der Waals surface area contributed by atoms with Crippen molar-refractivity contribution in [2.75, 3.05) is 35.0 Å². The van der Waals surface area contributed by atoms with Crippen LogP contribution in [0.25, 0.3) is 0 Å². The predicted octanol–water partition coefficient (Wildman–Crippen LogP) is 1.68. The fourth-order valence-corrected chi connectivity index (χ4v) is 2.94. The third-order valence-corrected chi connectivity index (χ3v) is 4.81. The molecule has 1 aromatic carbocycles. The van der Waals surface area contributed by atoms with Gasteiger partial charge in [-0.3, -0.25) is 4.21 Å².